The topological polar surface area (TPSA) is 52.2 Å². The van der Waals surface area contributed by atoms with Gasteiger partial charge in [-0.3, -0.25) is 4.68 Å². The van der Waals surface area contributed by atoms with Crippen LogP contribution >= 0.6 is 11.6 Å². The standard InChI is InChI=1S/C15H22ClN3O2/c1-4-6-17-14(12-5-8-21-11(12)2)15-13(16)10-18-19(15)7-9-20-3/h5,8,10,14,17H,4,6-7,9H2,1-3H3. The van der Waals surface area contributed by atoms with Crippen molar-refractivity contribution in [3.63, 3.8) is 0 Å². The number of hydrogen-bond donors (Lipinski definition) is 1. The molecule has 0 saturated carbocycles. The first-order valence-corrected chi connectivity index (χ1v) is 7.54. The molecule has 1 N–H and O–H groups in total. The quantitative estimate of drug-likeness (QED) is 0.813. The summed E-state index contributed by atoms with van der Waals surface area (Å²) in [5.41, 5.74) is 2.04. The summed E-state index contributed by atoms with van der Waals surface area (Å²) in [7, 11) is 1.68. The lowest BCUT2D eigenvalue weighted by molar-refractivity contribution is 0.182. The van der Waals surface area contributed by atoms with Crippen molar-refractivity contribution in [3.8, 4) is 0 Å². The SMILES string of the molecule is CCCNC(c1ccoc1C)c1c(Cl)cnn1CCOC. The van der Waals surface area contributed by atoms with Gasteiger partial charge in [0.15, 0.2) is 0 Å². The summed E-state index contributed by atoms with van der Waals surface area (Å²) in [5, 5.41) is 8.54. The van der Waals surface area contributed by atoms with E-state index in [9.17, 15) is 0 Å². The fraction of sp³-hybridized carbons (Fsp3) is 0.533. The highest BCUT2D eigenvalue weighted by molar-refractivity contribution is 6.31. The summed E-state index contributed by atoms with van der Waals surface area (Å²) >= 11 is 6.37. The van der Waals surface area contributed by atoms with E-state index in [1.165, 1.54) is 0 Å². The van der Waals surface area contributed by atoms with E-state index in [0.29, 0.717) is 18.2 Å². The molecular weight excluding hydrogens is 290 g/mol. The Morgan fingerprint density at radius 1 is 1.52 bits per heavy atom. The van der Waals surface area contributed by atoms with Crippen molar-refractivity contribution in [1.29, 1.82) is 0 Å². The summed E-state index contributed by atoms with van der Waals surface area (Å²) in [4.78, 5) is 0. The lowest BCUT2D eigenvalue weighted by Crippen LogP contribution is -2.27. The van der Waals surface area contributed by atoms with Crippen molar-refractivity contribution < 1.29 is 9.15 Å². The van der Waals surface area contributed by atoms with Gasteiger partial charge in [-0.25, -0.2) is 0 Å². The van der Waals surface area contributed by atoms with Gasteiger partial charge < -0.3 is 14.5 Å². The van der Waals surface area contributed by atoms with E-state index < -0.39 is 0 Å². The Kier molecular flexibility index (Phi) is 5.85. The van der Waals surface area contributed by atoms with Crippen molar-refractivity contribution >= 4 is 11.6 Å². The molecule has 2 aromatic heterocycles. The molecule has 116 valence electrons. The molecule has 2 aromatic rings. The fourth-order valence-corrected chi connectivity index (χ4v) is 2.60. The molecule has 0 fully saturated rings. The van der Waals surface area contributed by atoms with Crippen LogP contribution in [0.25, 0.3) is 0 Å². The molecule has 0 aliphatic heterocycles. The third-order valence-corrected chi connectivity index (χ3v) is 3.71. The Balaban J connectivity index is 2.36. The molecule has 6 heteroatoms. The molecule has 0 aliphatic carbocycles. The van der Waals surface area contributed by atoms with Crippen LogP contribution in [0.4, 0.5) is 0 Å². The second kappa shape index (κ2) is 7.64. The molecule has 0 spiro atoms. The molecule has 1 unspecified atom stereocenters. The Hall–Kier alpha value is -1.30. The summed E-state index contributed by atoms with van der Waals surface area (Å²) in [6.07, 6.45) is 4.43. The van der Waals surface area contributed by atoms with E-state index in [1.54, 1.807) is 19.6 Å². The van der Waals surface area contributed by atoms with Crippen LogP contribution in [0.1, 0.15) is 36.4 Å². The summed E-state index contributed by atoms with van der Waals surface area (Å²) < 4.78 is 12.5. The van der Waals surface area contributed by atoms with Gasteiger partial charge in [-0.05, 0) is 26.0 Å². The Labute approximate surface area is 130 Å². The van der Waals surface area contributed by atoms with Gasteiger partial charge >= 0.3 is 0 Å². The molecular formula is C15H22ClN3O2. The van der Waals surface area contributed by atoms with E-state index in [2.05, 4.69) is 17.3 Å². The number of furan rings is 1. The van der Waals surface area contributed by atoms with Crippen molar-refractivity contribution in [2.75, 3.05) is 20.3 Å². The van der Waals surface area contributed by atoms with Crippen LogP contribution < -0.4 is 5.32 Å². The monoisotopic (exact) mass is 311 g/mol. The molecule has 0 saturated heterocycles. The van der Waals surface area contributed by atoms with E-state index in [4.69, 9.17) is 20.8 Å². The minimum absolute atomic E-state index is 0.0319. The summed E-state index contributed by atoms with van der Waals surface area (Å²) in [6.45, 7) is 6.24. The van der Waals surface area contributed by atoms with Crippen LogP contribution in [0, 0.1) is 6.92 Å². The van der Waals surface area contributed by atoms with Crippen molar-refractivity contribution in [3.05, 3.63) is 40.6 Å². The molecule has 0 aliphatic rings. The second-order valence-electron chi connectivity index (χ2n) is 4.91. The van der Waals surface area contributed by atoms with Gasteiger partial charge in [-0.1, -0.05) is 18.5 Å². The van der Waals surface area contributed by atoms with Gasteiger partial charge in [0.2, 0.25) is 0 Å². The van der Waals surface area contributed by atoms with Crippen LogP contribution in [-0.2, 0) is 11.3 Å². The molecule has 1 atom stereocenters. The highest BCUT2D eigenvalue weighted by Gasteiger charge is 2.24. The van der Waals surface area contributed by atoms with Gasteiger partial charge in [-0.15, -0.1) is 0 Å². The minimum atomic E-state index is -0.0319. The van der Waals surface area contributed by atoms with E-state index in [1.807, 2.05) is 17.7 Å². The first-order valence-electron chi connectivity index (χ1n) is 7.16. The number of halogens is 1. The van der Waals surface area contributed by atoms with Gasteiger partial charge in [-0.2, -0.15) is 5.10 Å². The maximum Gasteiger partial charge on any atom is 0.105 e. The molecule has 2 rings (SSSR count). The molecule has 0 radical (unpaired) electrons. The third-order valence-electron chi connectivity index (χ3n) is 3.42. The number of aromatic nitrogens is 2. The molecule has 2 heterocycles. The summed E-state index contributed by atoms with van der Waals surface area (Å²) in [5.74, 6) is 0.888. The molecule has 5 nitrogen and oxygen atoms in total. The number of rotatable bonds is 8. The van der Waals surface area contributed by atoms with Gasteiger partial charge in [0.1, 0.15) is 5.76 Å². The smallest absolute Gasteiger partial charge is 0.105 e. The third kappa shape index (κ3) is 3.67. The Morgan fingerprint density at radius 2 is 2.33 bits per heavy atom. The minimum Gasteiger partial charge on any atom is -0.469 e. The average molecular weight is 312 g/mol. The number of nitrogens with zero attached hydrogens (tertiary/aromatic N) is 2. The highest BCUT2D eigenvalue weighted by Crippen LogP contribution is 2.30. The fourth-order valence-electron chi connectivity index (χ4n) is 2.35. The largest absolute Gasteiger partial charge is 0.469 e. The predicted molar refractivity (Wildman–Crippen MR) is 82.7 cm³/mol. The normalized spacial score (nSPS) is 12.8. The van der Waals surface area contributed by atoms with Gasteiger partial charge in [0, 0.05) is 12.7 Å². The van der Waals surface area contributed by atoms with E-state index in [-0.39, 0.29) is 6.04 Å². The zero-order valence-corrected chi connectivity index (χ0v) is 13.5. The van der Waals surface area contributed by atoms with Crippen molar-refractivity contribution in [1.82, 2.24) is 15.1 Å². The maximum atomic E-state index is 6.37. The molecule has 0 aromatic carbocycles. The van der Waals surface area contributed by atoms with Crippen LogP contribution in [0.15, 0.2) is 22.9 Å². The molecule has 21 heavy (non-hydrogen) atoms. The molecule has 0 bridgehead atoms. The zero-order chi connectivity index (χ0) is 15.2. The number of aryl methyl sites for hydroxylation is 1. The average Bonchev–Trinajstić information content (AvgIpc) is 3.05. The first-order chi connectivity index (χ1) is 10.2. The Morgan fingerprint density at radius 3 is 2.95 bits per heavy atom. The predicted octanol–water partition coefficient (Wildman–Crippen LogP) is 3.17. The summed E-state index contributed by atoms with van der Waals surface area (Å²) in [6, 6.07) is 1.95. The van der Waals surface area contributed by atoms with Gasteiger partial charge in [0.05, 0.1) is 42.4 Å². The second-order valence-corrected chi connectivity index (χ2v) is 5.32. The molecule has 0 amide bonds. The van der Waals surface area contributed by atoms with Crippen LogP contribution in [-0.4, -0.2) is 30.0 Å². The van der Waals surface area contributed by atoms with Crippen LogP contribution in [0.2, 0.25) is 5.02 Å². The van der Waals surface area contributed by atoms with Gasteiger partial charge in [0.25, 0.3) is 0 Å². The van der Waals surface area contributed by atoms with Crippen LogP contribution in [0.3, 0.4) is 0 Å². The number of methoxy groups -OCH3 is 1. The lowest BCUT2D eigenvalue weighted by Gasteiger charge is -2.20. The highest BCUT2D eigenvalue weighted by atomic mass is 35.5. The number of nitrogens with one attached hydrogen (secondary N) is 1. The van der Waals surface area contributed by atoms with Crippen molar-refractivity contribution in [2.24, 2.45) is 0 Å². The lowest BCUT2D eigenvalue weighted by atomic mass is 10.0. The van der Waals surface area contributed by atoms with E-state index in [0.717, 1.165) is 30.0 Å². The number of ether oxygens (including phenoxy) is 1. The van der Waals surface area contributed by atoms with E-state index >= 15 is 0 Å². The van der Waals surface area contributed by atoms with Crippen molar-refractivity contribution in [2.45, 2.75) is 32.9 Å². The Bertz CT molecular complexity index is 565. The maximum absolute atomic E-state index is 6.37. The first kappa shape index (κ1) is 16.1. The van der Waals surface area contributed by atoms with Crippen LogP contribution in [0.5, 0.6) is 0 Å². The number of hydrogen-bond acceptors (Lipinski definition) is 4. The zero-order valence-electron chi connectivity index (χ0n) is 12.7.